The van der Waals surface area contributed by atoms with Crippen molar-refractivity contribution in [3.8, 4) is 28.7 Å². The molecular weight excluding hydrogens is 775 g/mol. The van der Waals surface area contributed by atoms with E-state index in [2.05, 4.69) is 25.8 Å². The summed E-state index contributed by atoms with van der Waals surface area (Å²) in [5, 5.41) is 37.2. The Bertz CT molecular complexity index is 2810. The largest absolute Gasteiger partial charge is 0.506 e. The Morgan fingerprint density at radius 1 is 0.763 bits per heavy atom. The van der Waals surface area contributed by atoms with Gasteiger partial charge in [-0.3, -0.25) is 19.1 Å². The Morgan fingerprint density at radius 2 is 1.47 bits per heavy atom. The summed E-state index contributed by atoms with van der Waals surface area (Å²) >= 11 is 0. The third kappa shape index (κ3) is 9.97. The molecule has 2 amide bonds. The van der Waals surface area contributed by atoms with Crippen molar-refractivity contribution in [3.05, 3.63) is 144 Å². The van der Waals surface area contributed by atoms with Crippen molar-refractivity contribution in [2.24, 2.45) is 10.2 Å². The molecule has 300 valence electrons. The highest BCUT2D eigenvalue weighted by Crippen LogP contribution is 2.44. The van der Waals surface area contributed by atoms with Crippen molar-refractivity contribution in [1.82, 2.24) is 10.3 Å². The number of aromatic hydroxyl groups is 2. The molecular formula is C44H39N5O9S. The fourth-order valence-corrected chi connectivity index (χ4v) is 6.68. The van der Waals surface area contributed by atoms with Crippen LogP contribution in [0.25, 0.3) is 21.5 Å². The highest BCUT2D eigenvalue weighted by molar-refractivity contribution is 7.85. The zero-order chi connectivity index (χ0) is 42.3. The minimum atomic E-state index is -4.61. The maximum absolute atomic E-state index is 13.2. The van der Waals surface area contributed by atoms with E-state index in [1.54, 1.807) is 73.9 Å². The van der Waals surface area contributed by atoms with Crippen LogP contribution in [0.5, 0.6) is 28.7 Å². The average Bonchev–Trinajstić information content (AvgIpc) is 3.20. The molecule has 0 bridgehead atoms. The minimum Gasteiger partial charge on any atom is -0.506 e. The molecule has 7 aromatic rings. The van der Waals surface area contributed by atoms with E-state index in [0.29, 0.717) is 39.3 Å². The van der Waals surface area contributed by atoms with Gasteiger partial charge in [-0.15, -0.1) is 5.11 Å². The number of azo groups is 1. The Balaban J connectivity index is 0.000000894. The van der Waals surface area contributed by atoms with Gasteiger partial charge in [0.15, 0.2) is 12.5 Å². The molecule has 5 N–H and O–H groups in total. The van der Waals surface area contributed by atoms with Gasteiger partial charge < -0.3 is 30.3 Å². The van der Waals surface area contributed by atoms with Gasteiger partial charge in [0, 0.05) is 35.5 Å². The van der Waals surface area contributed by atoms with E-state index in [-0.39, 0.29) is 45.9 Å². The van der Waals surface area contributed by atoms with Gasteiger partial charge in [-0.25, -0.2) is 0 Å². The second-order valence-corrected chi connectivity index (χ2v) is 14.7. The van der Waals surface area contributed by atoms with Crippen molar-refractivity contribution in [2.75, 3.05) is 12.0 Å². The molecule has 7 rings (SSSR count). The highest BCUT2D eigenvalue weighted by atomic mass is 32.2. The van der Waals surface area contributed by atoms with Crippen LogP contribution in [0.3, 0.4) is 0 Å². The van der Waals surface area contributed by atoms with Crippen LogP contribution >= 0.6 is 0 Å². The number of hydrogen-bond acceptors (Lipinski definition) is 11. The quantitative estimate of drug-likeness (QED) is 0.0502. The van der Waals surface area contributed by atoms with Crippen molar-refractivity contribution in [1.29, 1.82) is 0 Å². The lowest BCUT2D eigenvalue weighted by Crippen LogP contribution is -2.28. The van der Waals surface area contributed by atoms with Gasteiger partial charge in [-0.1, -0.05) is 48.0 Å². The maximum atomic E-state index is 13.2. The summed E-state index contributed by atoms with van der Waals surface area (Å²) in [6.45, 7) is 6.62. The third-order valence-corrected chi connectivity index (χ3v) is 9.70. The normalized spacial score (nSPS) is 11.2. The number of benzene rings is 6. The van der Waals surface area contributed by atoms with E-state index in [1.807, 2.05) is 50.2 Å². The number of nitrogens with zero attached hydrogens (tertiary/aromatic N) is 3. The number of carbonyl (C=O) groups is 2. The fourth-order valence-electron chi connectivity index (χ4n) is 6.13. The molecule has 0 unspecified atom stereocenters. The van der Waals surface area contributed by atoms with E-state index < -0.39 is 26.8 Å². The fraction of sp³-hybridized carbons (Fsp3) is 0.114. The number of phenols is 2. The molecule has 15 heteroatoms. The third-order valence-electron chi connectivity index (χ3n) is 8.87. The summed E-state index contributed by atoms with van der Waals surface area (Å²) in [7, 11) is -4.61. The molecule has 0 atom stereocenters. The second-order valence-electron chi connectivity index (χ2n) is 13.3. The number of pyridine rings is 1. The van der Waals surface area contributed by atoms with E-state index in [0.717, 1.165) is 17.2 Å². The van der Waals surface area contributed by atoms with Crippen molar-refractivity contribution in [3.63, 3.8) is 0 Å². The summed E-state index contributed by atoms with van der Waals surface area (Å²) < 4.78 is 45.2. The number of aryl methyl sites for hydroxylation is 3. The number of amides is 2. The average molecular weight is 814 g/mol. The molecule has 14 nitrogen and oxygen atoms in total. The number of ether oxygens (including phenoxy) is 2. The lowest BCUT2D eigenvalue weighted by atomic mass is 10.0. The van der Waals surface area contributed by atoms with Crippen LogP contribution in [0.4, 0.5) is 17.1 Å². The van der Waals surface area contributed by atoms with Gasteiger partial charge in [-0.2, -0.15) is 13.5 Å². The molecule has 1 aromatic heterocycles. The van der Waals surface area contributed by atoms with Crippen molar-refractivity contribution < 1.29 is 42.2 Å². The standard InChI is InChI=1S/C39H34N4O9S.C5H5N/c1-21-9-14-33(22(2)15-21)51-20-40-39(47)31-19-34(29-7-5-6-8-30(29)37(31)45)52-27-12-10-26(11-13-27)42-43-36-23(3)16-25-17-28(53(48,49)50)18-32(41-24(4)44)35(25)38(36)46;1-2-4-6-5-3-1/h5-19,45-46H,20H2,1-4H3,(H,40,47)(H,41,44)(H,48,49,50);1-5H. The van der Waals surface area contributed by atoms with Gasteiger partial charge in [-0.05, 0) is 104 Å². The van der Waals surface area contributed by atoms with Gasteiger partial charge >= 0.3 is 0 Å². The summed E-state index contributed by atoms with van der Waals surface area (Å²) in [5.41, 5.74) is 2.88. The maximum Gasteiger partial charge on any atom is 0.294 e. The summed E-state index contributed by atoms with van der Waals surface area (Å²) in [5.74, 6) is -0.312. The van der Waals surface area contributed by atoms with Crippen molar-refractivity contribution >= 4 is 60.5 Å². The first-order valence-electron chi connectivity index (χ1n) is 18.0. The summed E-state index contributed by atoms with van der Waals surface area (Å²) in [4.78, 5) is 28.4. The molecule has 0 radical (unpaired) electrons. The molecule has 0 aliphatic carbocycles. The van der Waals surface area contributed by atoms with Crippen LogP contribution < -0.4 is 20.1 Å². The second kappa shape index (κ2) is 17.8. The first kappa shape index (κ1) is 41.3. The molecule has 6 aromatic carbocycles. The summed E-state index contributed by atoms with van der Waals surface area (Å²) in [6, 6.07) is 30.1. The van der Waals surface area contributed by atoms with Gasteiger partial charge in [0.2, 0.25) is 5.91 Å². The number of anilines is 1. The van der Waals surface area contributed by atoms with Crippen LogP contribution in [0.2, 0.25) is 0 Å². The van der Waals surface area contributed by atoms with Gasteiger partial charge in [0.05, 0.1) is 21.8 Å². The van der Waals surface area contributed by atoms with E-state index >= 15 is 0 Å². The molecule has 59 heavy (non-hydrogen) atoms. The number of carbonyl (C=O) groups excluding carboxylic acids is 2. The van der Waals surface area contributed by atoms with Gasteiger partial charge in [0.1, 0.15) is 28.7 Å². The van der Waals surface area contributed by atoms with Crippen LogP contribution in [0.1, 0.15) is 34.0 Å². The minimum absolute atomic E-state index is 0.00483. The molecule has 0 fully saturated rings. The van der Waals surface area contributed by atoms with E-state index in [1.165, 1.54) is 19.1 Å². The number of fused-ring (bicyclic) bond motifs is 2. The number of nitrogens with one attached hydrogen (secondary N) is 2. The predicted molar refractivity (Wildman–Crippen MR) is 224 cm³/mol. The zero-order valence-corrected chi connectivity index (χ0v) is 33.1. The molecule has 0 spiro atoms. The molecule has 0 saturated carbocycles. The zero-order valence-electron chi connectivity index (χ0n) is 32.3. The van der Waals surface area contributed by atoms with Crippen LogP contribution in [0, 0.1) is 20.8 Å². The van der Waals surface area contributed by atoms with Gasteiger partial charge in [0.25, 0.3) is 16.0 Å². The Hall–Kier alpha value is -7.36. The lowest BCUT2D eigenvalue weighted by Gasteiger charge is -2.15. The van der Waals surface area contributed by atoms with Crippen LogP contribution in [0.15, 0.2) is 137 Å². The molecule has 0 saturated heterocycles. The Morgan fingerprint density at radius 3 is 2.10 bits per heavy atom. The molecule has 0 aliphatic rings. The Labute approximate surface area is 339 Å². The topological polar surface area (TPSA) is 209 Å². The van der Waals surface area contributed by atoms with E-state index in [9.17, 15) is 32.8 Å². The number of rotatable bonds is 10. The lowest BCUT2D eigenvalue weighted by molar-refractivity contribution is -0.114. The predicted octanol–water partition coefficient (Wildman–Crippen LogP) is 9.59. The first-order chi connectivity index (χ1) is 28.2. The van der Waals surface area contributed by atoms with Crippen LogP contribution in [-0.2, 0) is 14.9 Å². The van der Waals surface area contributed by atoms with E-state index in [4.69, 9.17) is 9.47 Å². The number of hydrogen-bond donors (Lipinski definition) is 5. The number of aromatic nitrogens is 1. The van der Waals surface area contributed by atoms with Crippen molar-refractivity contribution in [2.45, 2.75) is 32.6 Å². The first-order valence-corrected chi connectivity index (χ1v) is 19.5. The Kier molecular flexibility index (Phi) is 12.5. The number of phenolic OH excluding ortho intramolecular Hbond substituents is 2. The molecule has 1 heterocycles. The monoisotopic (exact) mass is 813 g/mol. The van der Waals surface area contributed by atoms with Crippen LogP contribution in [-0.4, -0.2) is 46.7 Å². The smallest absolute Gasteiger partial charge is 0.294 e. The SMILES string of the molecule is CC(=O)Nc1cc(S(=O)(=O)O)cc2cc(C)c(N=Nc3ccc(Oc4cc(C(=O)NCOc5ccc(C)cc5C)c(O)c5ccccc45)cc3)c(O)c12.c1ccncc1. The highest BCUT2D eigenvalue weighted by Gasteiger charge is 2.21. The molecule has 0 aliphatic heterocycles. The summed E-state index contributed by atoms with van der Waals surface area (Å²) in [6.07, 6.45) is 3.50.